The number of aromatic nitrogens is 4. The van der Waals surface area contributed by atoms with Gasteiger partial charge in [-0.1, -0.05) is 39.0 Å². The molecule has 1 atom stereocenters. The zero-order valence-corrected chi connectivity index (χ0v) is 13.0. The molecule has 0 aliphatic rings. The minimum atomic E-state index is -0.0302. The van der Waals surface area contributed by atoms with E-state index in [1.54, 1.807) is 11.3 Å². The Bertz CT molecular complexity index is 537. The number of rotatable bonds is 5. The van der Waals surface area contributed by atoms with E-state index < -0.39 is 0 Å². The van der Waals surface area contributed by atoms with Crippen LogP contribution < -0.4 is 5.73 Å². The fourth-order valence-electron chi connectivity index (χ4n) is 2.02. The normalized spacial score (nSPS) is 14.2. The van der Waals surface area contributed by atoms with Crippen molar-refractivity contribution in [2.24, 2.45) is 11.7 Å². The van der Waals surface area contributed by atoms with Gasteiger partial charge in [-0.05, 0) is 25.3 Å². The molecule has 106 valence electrons. The van der Waals surface area contributed by atoms with E-state index in [2.05, 4.69) is 43.0 Å². The van der Waals surface area contributed by atoms with Gasteiger partial charge in [0.15, 0.2) is 5.82 Å². The minimum absolute atomic E-state index is 0.0302. The number of fused-ring (bicyclic) bond motifs is 1. The summed E-state index contributed by atoms with van der Waals surface area (Å²) >= 11 is 1.64. The van der Waals surface area contributed by atoms with Crippen molar-refractivity contribution in [2.75, 3.05) is 6.54 Å². The zero-order valence-electron chi connectivity index (χ0n) is 12.2. The SMILES string of the molecule is CC(CCN)CCc1nn2c(C(C)(C)C)nnc2s1. The highest BCUT2D eigenvalue weighted by Gasteiger charge is 2.23. The van der Waals surface area contributed by atoms with Gasteiger partial charge < -0.3 is 5.73 Å². The molecule has 0 fully saturated rings. The van der Waals surface area contributed by atoms with Crippen molar-refractivity contribution in [3.8, 4) is 0 Å². The average Bonchev–Trinajstić information content (AvgIpc) is 2.83. The lowest BCUT2D eigenvalue weighted by Crippen LogP contribution is -2.16. The Morgan fingerprint density at radius 1 is 1.26 bits per heavy atom. The van der Waals surface area contributed by atoms with Gasteiger partial charge >= 0.3 is 0 Å². The molecule has 0 aliphatic heterocycles. The topological polar surface area (TPSA) is 69.1 Å². The quantitative estimate of drug-likeness (QED) is 0.913. The van der Waals surface area contributed by atoms with E-state index in [1.165, 1.54) is 0 Å². The summed E-state index contributed by atoms with van der Waals surface area (Å²) in [7, 11) is 0. The molecule has 0 amide bonds. The van der Waals surface area contributed by atoms with E-state index in [0.29, 0.717) is 5.92 Å². The second kappa shape index (κ2) is 5.54. The summed E-state index contributed by atoms with van der Waals surface area (Å²) in [5.41, 5.74) is 5.55. The molecule has 0 radical (unpaired) electrons. The van der Waals surface area contributed by atoms with Crippen LogP contribution in [0.4, 0.5) is 0 Å². The maximum atomic E-state index is 5.58. The van der Waals surface area contributed by atoms with Gasteiger partial charge in [-0.15, -0.1) is 10.2 Å². The number of aryl methyl sites for hydroxylation is 1. The van der Waals surface area contributed by atoms with E-state index in [-0.39, 0.29) is 5.41 Å². The Balaban J connectivity index is 2.12. The molecule has 0 aromatic carbocycles. The Morgan fingerprint density at radius 3 is 2.63 bits per heavy atom. The largest absolute Gasteiger partial charge is 0.330 e. The van der Waals surface area contributed by atoms with Crippen molar-refractivity contribution in [3.63, 3.8) is 0 Å². The van der Waals surface area contributed by atoms with Crippen molar-refractivity contribution in [2.45, 2.75) is 52.4 Å². The molecule has 5 nitrogen and oxygen atoms in total. The molecular weight excluding hydrogens is 258 g/mol. The van der Waals surface area contributed by atoms with Crippen LogP contribution in [0.5, 0.6) is 0 Å². The van der Waals surface area contributed by atoms with Crippen molar-refractivity contribution in [1.82, 2.24) is 19.8 Å². The summed E-state index contributed by atoms with van der Waals surface area (Å²) in [5, 5.41) is 14.2. The van der Waals surface area contributed by atoms with Gasteiger partial charge in [-0.3, -0.25) is 0 Å². The monoisotopic (exact) mass is 281 g/mol. The molecule has 0 saturated carbocycles. The van der Waals surface area contributed by atoms with Crippen molar-refractivity contribution >= 4 is 16.3 Å². The number of hydrogen-bond donors (Lipinski definition) is 1. The minimum Gasteiger partial charge on any atom is -0.330 e. The van der Waals surface area contributed by atoms with E-state index in [1.807, 2.05) is 4.52 Å². The molecule has 6 heteroatoms. The highest BCUT2D eigenvalue weighted by Crippen LogP contribution is 2.24. The van der Waals surface area contributed by atoms with E-state index >= 15 is 0 Å². The summed E-state index contributed by atoms with van der Waals surface area (Å²) in [6, 6.07) is 0. The molecule has 2 aromatic heterocycles. The first-order chi connectivity index (χ1) is 8.91. The second-order valence-corrected chi connectivity index (χ2v) is 7.23. The molecule has 0 bridgehead atoms. The maximum absolute atomic E-state index is 5.58. The van der Waals surface area contributed by atoms with Gasteiger partial charge in [-0.25, -0.2) is 0 Å². The van der Waals surface area contributed by atoms with Crippen LogP contribution in [-0.4, -0.2) is 26.4 Å². The number of nitrogens with zero attached hydrogens (tertiary/aromatic N) is 4. The highest BCUT2D eigenvalue weighted by molar-refractivity contribution is 7.16. The van der Waals surface area contributed by atoms with E-state index in [9.17, 15) is 0 Å². The Kier molecular flexibility index (Phi) is 4.20. The Hall–Kier alpha value is -1.01. The van der Waals surface area contributed by atoms with Crippen LogP contribution in [0.3, 0.4) is 0 Å². The Labute approximate surface area is 118 Å². The molecule has 0 aliphatic carbocycles. The number of hydrogen-bond acceptors (Lipinski definition) is 5. The van der Waals surface area contributed by atoms with Crippen molar-refractivity contribution in [3.05, 3.63) is 10.8 Å². The fourth-order valence-corrected chi connectivity index (χ4v) is 2.87. The summed E-state index contributed by atoms with van der Waals surface area (Å²) in [6.07, 6.45) is 3.21. The molecule has 19 heavy (non-hydrogen) atoms. The summed E-state index contributed by atoms with van der Waals surface area (Å²) < 4.78 is 1.90. The van der Waals surface area contributed by atoms with Crippen LogP contribution in [0.15, 0.2) is 0 Å². The van der Waals surface area contributed by atoms with Gasteiger partial charge in [0.1, 0.15) is 5.01 Å². The second-order valence-electron chi connectivity index (χ2n) is 6.18. The summed E-state index contributed by atoms with van der Waals surface area (Å²) in [5.74, 6) is 1.58. The molecular formula is C13H23N5S. The standard InChI is InChI=1S/C13H23N5S/c1-9(7-8-14)5-6-10-17-18-11(13(2,3)4)15-16-12(18)19-10/h9H,5-8,14H2,1-4H3. The lowest BCUT2D eigenvalue weighted by molar-refractivity contribution is 0.495. The van der Waals surface area contributed by atoms with Gasteiger partial charge in [0.2, 0.25) is 4.96 Å². The van der Waals surface area contributed by atoms with Crippen molar-refractivity contribution < 1.29 is 0 Å². The van der Waals surface area contributed by atoms with Crippen LogP contribution in [0, 0.1) is 5.92 Å². The van der Waals surface area contributed by atoms with Crippen molar-refractivity contribution in [1.29, 1.82) is 0 Å². The van der Waals surface area contributed by atoms with Gasteiger partial charge in [-0.2, -0.15) is 9.61 Å². The molecule has 2 aromatic rings. The highest BCUT2D eigenvalue weighted by atomic mass is 32.1. The number of nitrogens with two attached hydrogens (primary N) is 1. The average molecular weight is 281 g/mol. The molecule has 2 rings (SSSR count). The maximum Gasteiger partial charge on any atom is 0.234 e. The first-order valence-corrected chi connectivity index (χ1v) is 7.65. The van der Waals surface area contributed by atoms with Crippen LogP contribution in [0.25, 0.3) is 4.96 Å². The Morgan fingerprint density at radius 2 is 2.00 bits per heavy atom. The smallest absolute Gasteiger partial charge is 0.234 e. The first kappa shape index (κ1) is 14.4. The predicted molar refractivity (Wildman–Crippen MR) is 78.5 cm³/mol. The third-order valence-electron chi connectivity index (χ3n) is 3.21. The van der Waals surface area contributed by atoms with Crippen LogP contribution in [0.1, 0.15) is 51.4 Å². The van der Waals surface area contributed by atoms with Gasteiger partial charge in [0.05, 0.1) is 0 Å². The fraction of sp³-hybridized carbons (Fsp3) is 0.769. The lowest BCUT2D eigenvalue weighted by Gasteiger charge is -2.13. The van der Waals surface area contributed by atoms with Gasteiger partial charge in [0.25, 0.3) is 0 Å². The van der Waals surface area contributed by atoms with Crippen LogP contribution >= 0.6 is 11.3 Å². The predicted octanol–water partition coefficient (Wildman–Crippen LogP) is 2.40. The van der Waals surface area contributed by atoms with E-state index in [4.69, 9.17) is 5.73 Å². The summed E-state index contributed by atoms with van der Waals surface area (Å²) in [6.45, 7) is 9.40. The molecule has 0 saturated heterocycles. The van der Waals surface area contributed by atoms with E-state index in [0.717, 1.165) is 41.6 Å². The first-order valence-electron chi connectivity index (χ1n) is 6.83. The molecule has 2 N–H and O–H groups in total. The third-order valence-corrected chi connectivity index (χ3v) is 4.17. The zero-order chi connectivity index (χ0) is 14.0. The molecule has 1 unspecified atom stereocenters. The van der Waals surface area contributed by atoms with Crippen LogP contribution in [0.2, 0.25) is 0 Å². The van der Waals surface area contributed by atoms with Gasteiger partial charge in [0, 0.05) is 11.8 Å². The molecule has 0 spiro atoms. The molecule has 2 heterocycles. The third kappa shape index (κ3) is 3.30. The van der Waals surface area contributed by atoms with Crippen LogP contribution in [-0.2, 0) is 11.8 Å². The summed E-state index contributed by atoms with van der Waals surface area (Å²) in [4.78, 5) is 0.895. The lowest BCUT2D eigenvalue weighted by atomic mass is 9.96.